The Hall–Kier alpha value is -3.14. The van der Waals surface area contributed by atoms with Gasteiger partial charge in [0.25, 0.3) is 0 Å². The second-order valence-corrected chi connectivity index (χ2v) is 20.4. The molecule has 38 heavy (non-hydrogen) atoms. The van der Waals surface area contributed by atoms with Gasteiger partial charge in [-0.2, -0.15) is 0 Å². The molecule has 1 aliphatic rings. The van der Waals surface area contributed by atoms with Crippen LogP contribution < -0.4 is 25.4 Å². The van der Waals surface area contributed by atoms with Gasteiger partial charge in [-0.3, -0.25) is 0 Å². The second kappa shape index (κ2) is 10.6. The van der Waals surface area contributed by atoms with E-state index in [1.165, 1.54) is 27.0 Å². The average molecular weight is 628 g/mol. The van der Waals surface area contributed by atoms with E-state index in [1.807, 2.05) is 6.07 Å². The summed E-state index contributed by atoms with van der Waals surface area (Å²) >= 11 is 2.85. The number of benzene rings is 5. The first-order valence-corrected chi connectivity index (χ1v) is 18.2. The first-order valence-electron chi connectivity index (χ1n) is 13.0. The van der Waals surface area contributed by atoms with Crippen molar-refractivity contribution in [3.8, 4) is 11.5 Å². The fourth-order valence-corrected chi connectivity index (χ4v) is 14.2. The van der Waals surface area contributed by atoms with Crippen LogP contribution in [-0.4, -0.2) is 6.61 Å². The van der Waals surface area contributed by atoms with Gasteiger partial charge < -0.3 is 0 Å². The molecule has 0 N–H and O–H groups in total. The number of fused-ring (bicyclic) bond motifs is 1. The maximum absolute atomic E-state index is 6.61. The van der Waals surface area contributed by atoms with Crippen molar-refractivity contribution in [2.45, 2.75) is 19.2 Å². The van der Waals surface area contributed by atoms with E-state index >= 15 is 0 Å². The van der Waals surface area contributed by atoms with Crippen LogP contribution in [0.5, 0.6) is 11.5 Å². The molecular formula is C34H30IO2P. The van der Waals surface area contributed by atoms with Crippen LogP contribution in [0.1, 0.15) is 16.7 Å². The fourth-order valence-electron chi connectivity index (χ4n) is 5.50. The maximum atomic E-state index is 6.61. The molecule has 0 aliphatic carbocycles. The van der Waals surface area contributed by atoms with Crippen LogP contribution in [0.25, 0.3) is 0 Å². The van der Waals surface area contributed by atoms with Crippen molar-refractivity contribution in [1.29, 1.82) is 0 Å². The van der Waals surface area contributed by atoms with Crippen molar-refractivity contribution in [2.75, 3.05) is 6.61 Å². The Balaban J connectivity index is 1.57. The molecule has 0 spiro atoms. The van der Waals surface area contributed by atoms with E-state index in [0.29, 0.717) is 6.61 Å². The van der Waals surface area contributed by atoms with E-state index in [2.05, 4.69) is 149 Å². The molecule has 0 amide bonds. The van der Waals surface area contributed by atoms with Gasteiger partial charge in [0.05, 0.1) is 0 Å². The molecule has 0 unspecified atom stereocenters. The van der Waals surface area contributed by atoms with Crippen molar-refractivity contribution in [1.82, 2.24) is 0 Å². The Kier molecular flexibility index (Phi) is 6.99. The molecule has 1 aliphatic heterocycles. The minimum absolute atomic E-state index is 0.534. The van der Waals surface area contributed by atoms with Gasteiger partial charge in [0.1, 0.15) is 0 Å². The minimum atomic E-state index is -3.03. The van der Waals surface area contributed by atoms with Crippen LogP contribution in [-0.2, 0) is 19.2 Å². The summed E-state index contributed by atoms with van der Waals surface area (Å²) in [4.78, 5) is 0. The zero-order valence-electron chi connectivity index (χ0n) is 21.2. The third-order valence-electron chi connectivity index (χ3n) is 7.46. The topological polar surface area (TPSA) is 18.5 Å². The molecule has 0 saturated heterocycles. The van der Waals surface area contributed by atoms with Crippen LogP contribution in [0.4, 0.5) is 0 Å². The third kappa shape index (κ3) is 4.52. The third-order valence-corrected chi connectivity index (χ3v) is 18.6. The molecule has 1 heterocycles. The average Bonchev–Trinajstić information content (AvgIpc) is 3.45. The van der Waals surface area contributed by atoms with Crippen molar-refractivity contribution in [3.63, 3.8) is 0 Å². The van der Waals surface area contributed by atoms with E-state index in [9.17, 15) is 0 Å². The molecule has 190 valence electrons. The Morgan fingerprint density at radius 2 is 1.16 bits per heavy atom. The first-order chi connectivity index (χ1) is 18.6. The number of rotatable bonds is 8. The summed E-state index contributed by atoms with van der Waals surface area (Å²) in [5.41, 5.74) is 3.58. The van der Waals surface area contributed by atoms with Crippen LogP contribution in [0.2, 0.25) is 0 Å². The van der Waals surface area contributed by atoms with Crippen molar-refractivity contribution >= 4 is 42.2 Å². The van der Waals surface area contributed by atoms with Crippen molar-refractivity contribution in [3.05, 3.63) is 150 Å². The molecule has 6 rings (SSSR count). The molecular weight excluding hydrogens is 598 g/mol. The molecule has 4 heteroatoms. The molecule has 5 aromatic carbocycles. The van der Waals surface area contributed by atoms with E-state index in [1.54, 1.807) is 0 Å². The SMILES string of the molecule is IP(Cc1cc2c(cc1OCc1ccccc1)CCO2)(c1ccccc1)(c1ccccc1)c1ccccc1. The molecule has 0 bridgehead atoms. The molecule has 0 fully saturated rings. The summed E-state index contributed by atoms with van der Waals surface area (Å²) < 4.78 is 9.66. The summed E-state index contributed by atoms with van der Waals surface area (Å²) in [7, 11) is 0. The van der Waals surface area contributed by atoms with Crippen LogP contribution >= 0.6 is 26.3 Å². The zero-order chi connectivity index (χ0) is 25.9. The van der Waals surface area contributed by atoms with Gasteiger partial charge in [-0.25, -0.2) is 0 Å². The monoisotopic (exact) mass is 628 g/mol. The molecule has 0 atom stereocenters. The zero-order valence-corrected chi connectivity index (χ0v) is 24.2. The molecule has 2 nitrogen and oxygen atoms in total. The van der Waals surface area contributed by atoms with E-state index < -0.39 is 4.25 Å². The summed E-state index contributed by atoms with van der Waals surface area (Å²) in [5, 5.41) is 4.06. The van der Waals surface area contributed by atoms with Gasteiger partial charge >= 0.3 is 239 Å². The number of hydrogen-bond acceptors (Lipinski definition) is 2. The van der Waals surface area contributed by atoms with E-state index in [-0.39, 0.29) is 0 Å². The predicted molar refractivity (Wildman–Crippen MR) is 169 cm³/mol. The van der Waals surface area contributed by atoms with Gasteiger partial charge in [-0.05, 0) is 0 Å². The van der Waals surface area contributed by atoms with Gasteiger partial charge in [-0.15, -0.1) is 0 Å². The Labute approximate surface area is 238 Å². The van der Waals surface area contributed by atoms with Crippen LogP contribution in [0, 0.1) is 0 Å². The normalized spacial score (nSPS) is 13.7. The van der Waals surface area contributed by atoms with Gasteiger partial charge in [-0.1, -0.05) is 0 Å². The summed E-state index contributed by atoms with van der Waals surface area (Å²) in [6.45, 7) is 1.26. The molecule has 0 radical (unpaired) electrons. The second-order valence-electron chi connectivity index (χ2n) is 9.79. The Morgan fingerprint density at radius 3 is 1.68 bits per heavy atom. The fraction of sp³-hybridized carbons (Fsp3) is 0.118. The standard InChI is InChI=1S/C34H30IO2P/c35-38(30-15-7-2-8-16-30,31-17-9-3-10-18-31,32-19-11-4-12-20-32)26-29-24-33-28(21-22-36-33)23-34(29)37-25-27-13-5-1-6-14-27/h1-20,23-24H,21-22,25-26H2. The van der Waals surface area contributed by atoms with Crippen LogP contribution in [0.15, 0.2) is 133 Å². The van der Waals surface area contributed by atoms with Crippen molar-refractivity contribution < 1.29 is 9.47 Å². The van der Waals surface area contributed by atoms with E-state index in [0.717, 1.165) is 36.3 Å². The quantitative estimate of drug-likeness (QED) is 0.130. The molecule has 5 aromatic rings. The van der Waals surface area contributed by atoms with Gasteiger partial charge in [0.2, 0.25) is 0 Å². The molecule has 0 aromatic heterocycles. The summed E-state index contributed by atoms with van der Waals surface area (Å²) in [6, 6.07) is 48.0. The molecule has 0 saturated carbocycles. The van der Waals surface area contributed by atoms with Crippen molar-refractivity contribution in [2.24, 2.45) is 0 Å². The Bertz CT molecular complexity index is 1420. The number of hydrogen-bond donors (Lipinski definition) is 0. The predicted octanol–water partition coefficient (Wildman–Crippen LogP) is 7.58. The van der Waals surface area contributed by atoms with E-state index in [4.69, 9.17) is 9.47 Å². The first kappa shape index (κ1) is 25.2. The number of ether oxygens (including phenoxy) is 2. The number of halogens is 1. The Morgan fingerprint density at radius 1 is 0.658 bits per heavy atom. The van der Waals surface area contributed by atoms with Crippen LogP contribution in [0.3, 0.4) is 0 Å². The van der Waals surface area contributed by atoms with Gasteiger partial charge in [0, 0.05) is 0 Å². The summed E-state index contributed by atoms with van der Waals surface area (Å²) in [5.74, 6) is 1.94. The summed E-state index contributed by atoms with van der Waals surface area (Å²) in [6.07, 6.45) is 1.74. The van der Waals surface area contributed by atoms with Gasteiger partial charge in [0.15, 0.2) is 0 Å².